The molecule has 6 rings (SSSR count). The van der Waals surface area contributed by atoms with Crippen LogP contribution in [0.5, 0.6) is 11.5 Å². The highest BCUT2D eigenvalue weighted by atomic mass is 35.5. The van der Waals surface area contributed by atoms with Gasteiger partial charge in [-0.2, -0.15) is 0 Å². The monoisotopic (exact) mass is 726 g/mol. The van der Waals surface area contributed by atoms with Crippen LogP contribution in [-0.4, -0.2) is 80.0 Å². The Morgan fingerprint density at radius 3 is 1.45 bits per heavy atom. The quantitative estimate of drug-likeness (QED) is 0.0970. The molecular formula is C33H28B4Cl2N2O6S2. The van der Waals surface area contributed by atoms with E-state index in [9.17, 15) is 19.2 Å². The Morgan fingerprint density at radius 2 is 1.12 bits per heavy atom. The van der Waals surface area contributed by atoms with Crippen molar-refractivity contribution < 1.29 is 28.7 Å². The van der Waals surface area contributed by atoms with Crippen LogP contribution < -0.4 is 19.3 Å². The van der Waals surface area contributed by atoms with Gasteiger partial charge in [-0.25, -0.2) is 0 Å². The summed E-state index contributed by atoms with van der Waals surface area (Å²) in [6.45, 7) is 6.73. The number of nitrogens with zero attached hydrogens (tertiary/aromatic N) is 2. The van der Waals surface area contributed by atoms with Gasteiger partial charge in [0, 0.05) is 73.4 Å². The largest absolute Gasteiger partial charge is 0.425 e. The molecule has 0 bridgehead atoms. The smallest absolute Gasteiger partial charge is 0.308 e. The molecule has 16 heteroatoms. The Bertz CT molecular complexity index is 1920. The van der Waals surface area contributed by atoms with Crippen molar-refractivity contribution in [2.45, 2.75) is 56.4 Å². The summed E-state index contributed by atoms with van der Waals surface area (Å²) in [7, 11) is 26.1. The minimum Gasteiger partial charge on any atom is -0.425 e. The fraction of sp³-hybridized carbons (Fsp3) is 0.394. The van der Waals surface area contributed by atoms with E-state index in [0.717, 1.165) is 42.4 Å². The molecule has 4 heterocycles. The molecule has 8 radical (unpaired) electrons. The molecule has 0 saturated heterocycles. The first kappa shape index (κ1) is 35.9. The van der Waals surface area contributed by atoms with E-state index in [0.29, 0.717) is 22.9 Å². The van der Waals surface area contributed by atoms with Crippen LogP contribution in [0.2, 0.25) is 10.4 Å². The minimum absolute atomic E-state index is 0.142. The lowest BCUT2D eigenvalue weighted by Gasteiger charge is -2.39. The molecule has 244 valence electrons. The van der Waals surface area contributed by atoms with Crippen LogP contribution >= 0.6 is 45.9 Å². The summed E-state index contributed by atoms with van der Waals surface area (Å²) in [5.74, 6) is -2.13. The highest BCUT2D eigenvalue weighted by Gasteiger charge is 2.46. The highest BCUT2D eigenvalue weighted by molar-refractivity contribution is 7.18. The number of hydrogen-bond acceptors (Lipinski definition) is 8. The maximum atomic E-state index is 14.2. The fourth-order valence-electron chi connectivity index (χ4n) is 7.04. The molecule has 2 atom stereocenters. The van der Waals surface area contributed by atoms with Crippen molar-refractivity contribution in [3.8, 4) is 11.5 Å². The number of ether oxygens (including phenoxy) is 2. The predicted molar refractivity (Wildman–Crippen MR) is 200 cm³/mol. The van der Waals surface area contributed by atoms with Gasteiger partial charge in [-0.1, -0.05) is 6.42 Å². The van der Waals surface area contributed by atoms with Crippen molar-refractivity contribution in [3.63, 3.8) is 0 Å². The SMILES string of the molecule is [B]C([B])(CC([B])([B])C(=O)N1C[C@@H](CCl)c2c1cc(OC(C)=O)c1scc(C)c21)C(=O)N1C[C@@H](CCl)c2c1cc(OC(C)=O)c1scc(C)c21. The first-order chi connectivity index (χ1) is 23.0. The third kappa shape index (κ3) is 6.10. The van der Waals surface area contributed by atoms with Crippen molar-refractivity contribution in [2.24, 2.45) is 0 Å². The van der Waals surface area contributed by atoms with E-state index in [4.69, 9.17) is 64.1 Å². The van der Waals surface area contributed by atoms with Crippen LogP contribution in [0.15, 0.2) is 22.9 Å². The van der Waals surface area contributed by atoms with Crippen LogP contribution in [0, 0.1) is 13.8 Å². The molecule has 2 aromatic heterocycles. The van der Waals surface area contributed by atoms with E-state index in [1.165, 1.54) is 46.3 Å². The number of alkyl halides is 2. The highest BCUT2D eigenvalue weighted by Crippen LogP contribution is 2.53. The number of benzene rings is 2. The number of halogens is 2. The summed E-state index contributed by atoms with van der Waals surface area (Å²) in [4.78, 5) is 55.2. The van der Waals surface area contributed by atoms with Crippen molar-refractivity contribution in [1.29, 1.82) is 0 Å². The van der Waals surface area contributed by atoms with Gasteiger partial charge in [0.05, 0.1) is 52.2 Å². The number of amides is 2. The lowest BCUT2D eigenvalue weighted by molar-refractivity contribution is -0.132. The predicted octanol–water partition coefficient (Wildman–Crippen LogP) is 5.92. The molecule has 4 aromatic rings. The molecule has 2 amide bonds. The number of carbonyl (C=O) groups excluding carboxylic acids is 4. The summed E-state index contributed by atoms with van der Waals surface area (Å²) in [5, 5.41) is 1.12. The average molecular weight is 727 g/mol. The second-order valence-electron chi connectivity index (χ2n) is 12.8. The number of anilines is 2. The molecule has 49 heavy (non-hydrogen) atoms. The third-order valence-corrected chi connectivity index (χ3v) is 11.9. The van der Waals surface area contributed by atoms with Crippen molar-refractivity contribution in [1.82, 2.24) is 0 Å². The van der Waals surface area contributed by atoms with Gasteiger partial charge in [0.2, 0.25) is 11.8 Å². The Hall–Kier alpha value is -2.92. The summed E-state index contributed by atoms with van der Waals surface area (Å²) in [6, 6.07) is 3.22. The van der Waals surface area contributed by atoms with Gasteiger partial charge >= 0.3 is 11.9 Å². The Morgan fingerprint density at radius 1 is 0.755 bits per heavy atom. The van der Waals surface area contributed by atoms with E-state index in [1.54, 1.807) is 12.1 Å². The molecule has 0 aliphatic carbocycles. The Labute approximate surface area is 307 Å². The maximum absolute atomic E-state index is 14.2. The van der Waals surface area contributed by atoms with Gasteiger partial charge in [0.15, 0.2) is 11.5 Å². The topological polar surface area (TPSA) is 93.2 Å². The zero-order valence-electron chi connectivity index (χ0n) is 27.2. The van der Waals surface area contributed by atoms with Gasteiger partial charge in [-0.15, -0.1) is 45.9 Å². The van der Waals surface area contributed by atoms with E-state index in [-0.39, 0.29) is 36.7 Å². The number of hydrogen-bond donors (Lipinski definition) is 0. The van der Waals surface area contributed by atoms with E-state index in [2.05, 4.69) is 0 Å². The first-order valence-electron chi connectivity index (χ1n) is 15.4. The number of carbonyl (C=O) groups is 4. The molecule has 8 nitrogen and oxygen atoms in total. The van der Waals surface area contributed by atoms with Crippen LogP contribution in [0.25, 0.3) is 20.2 Å². The third-order valence-electron chi connectivity index (χ3n) is 8.98. The van der Waals surface area contributed by atoms with E-state index >= 15 is 0 Å². The number of rotatable bonds is 8. The van der Waals surface area contributed by atoms with Crippen molar-refractivity contribution in [2.75, 3.05) is 34.6 Å². The van der Waals surface area contributed by atoms with Gasteiger partial charge < -0.3 is 19.3 Å². The molecule has 2 aliphatic heterocycles. The standard InChI is InChI=1S/C33H28B4Cl2N2O6S2/c1-14-11-48-28-22(46-16(3)42)5-20-26(24(14)28)18(7-38)9-40(20)30(44)32(34,35)13-33(36,37)31(45)41-10-19(8-39)27-21(41)6-23(47-17(4)43)29-25(27)15(2)12-49-29/h5-6,11-12,18-19H,7-10,13H2,1-4H3/t18-,19-/m1/s1. The van der Waals surface area contributed by atoms with Gasteiger partial charge in [0.1, 0.15) is 0 Å². The summed E-state index contributed by atoms with van der Waals surface area (Å²) in [5.41, 5.74) is 4.38. The lowest BCUT2D eigenvalue weighted by Crippen LogP contribution is -2.47. The first-order valence-corrected chi connectivity index (χ1v) is 18.2. The Balaban J connectivity index is 1.35. The normalized spacial score (nSPS) is 17.4. The minimum atomic E-state index is -2.22. The number of thiophene rings is 2. The molecule has 2 aromatic carbocycles. The molecule has 0 N–H and O–H groups in total. The van der Waals surface area contributed by atoms with E-state index in [1.807, 2.05) is 24.6 Å². The van der Waals surface area contributed by atoms with Crippen LogP contribution in [0.1, 0.15) is 54.4 Å². The zero-order chi connectivity index (χ0) is 35.7. The van der Waals surface area contributed by atoms with Gasteiger partial charge in [-0.3, -0.25) is 19.2 Å². The summed E-state index contributed by atoms with van der Waals surface area (Å²) >= 11 is 15.7. The molecule has 0 spiro atoms. The summed E-state index contributed by atoms with van der Waals surface area (Å²) < 4.78 is 12.6. The molecule has 0 fully saturated rings. The Kier molecular flexibility index (Phi) is 9.52. The summed E-state index contributed by atoms with van der Waals surface area (Å²) in [6.07, 6.45) is -0.639. The maximum Gasteiger partial charge on any atom is 0.308 e. The van der Waals surface area contributed by atoms with Crippen LogP contribution in [-0.2, 0) is 19.2 Å². The van der Waals surface area contributed by atoms with E-state index < -0.39 is 40.6 Å². The molecule has 2 aliphatic rings. The van der Waals surface area contributed by atoms with Crippen molar-refractivity contribution in [3.05, 3.63) is 45.1 Å². The second kappa shape index (κ2) is 13.0. The lowest BCUT2D eigenvalue weighted by atomic mass is 9.40. The number of aryl methyl sites for hydroxylation is 2. The molecule has 0 saturated carbocycles. The number of esters is 2. The van der Waals surface area contributed by atoms with Gasteiger partial charge in [0.25, 0.3) is 0 Å². The second-order valence-corrected chi connectivity index (χ2v) is 15.2. The van der Waals surface area contributed by atoms with Crippen LogP contribution in [0.4, 0.5) is 11.4 Å². The zero-order valence-corrected chi connectivity index (χ0v) is 30.4. The van der Waals surface area contributed by atoms with Crippen molar-refractivity contribution >= 4 is 133 Å². The average Bonchev–Trinajstić information content (AvgIpc) is 3.78. The number of fused-ring (bicyclic) bond motifs is 6. The fourth-order valence-corrected chi connectivity index (χ4v) is 9.58. The van der Waals surface area contributed by atoms with Gasteiger partial charge in [-0.05, 0) is 57.3 Å². The molecular weight excluding hydrogens is 699 g/mol. The van der Waals surface area contributed by atoms with Crippen LogP contribution in [0.3, 0.4) is 0 Å². The molecule has 0 unspecified atom stereocenters.